The van der Waals surface area contributed by atoms with Crippen molar-refractivity contribution in [3.8, 4) is 0 Å². The highest BCUT2D eigenvalue weighted by Crippen LogP contribution is 2.36. The summed E-state index contributed by atoms with van der Waals surface area (Å²) in [5, 5.41) is 9.83. The Morgan fingerprint density at radius 2 is 2.17 bits per heavy atom. The van der Waals surface area contributed by atoms with Gasteiger partial charge in [0.2, 0.25) is 0 Å². The molecule has 2 rings (SSSR count). The number of benzene rings is 1. The maximum absolute atomic E-state index is 13.8. The monoisotopic (exact) mass is 312 g/mol. The van der Waals surface area contributed by atoms with Crippen LogP contribution in [0, 0.1) is 11.2 Å². The van der Waals surface area contributed by atoms with Crippen LogP contribution < -0.4 is 0 Å². The van der Waals surface area contributed by atoms with E-state index in [9.17, 15) is 9.50 Å². The topological polar surface area (TPSA) is 20.2 Å². The Kier molecular flexibility index (Phi) is 3.93. The van der Waals surface area contributed by atoms with Gasteiger partial charge in [0.15, 0.2) is 0 Å². The van der Waals surface area contributed by atoms with Crippen LogP contribution in [-0.4, -0.2) is 11.2 Å². The lowest BCUT2D eigenvalue weighted by Gasteiger charge is -2.32. The molecule has 1 atom stereocenters. The first kappa shape index (κ1) is 13.8. The third-order valence-electron chi connectivity index (χ3n) is 3.33. The average Bonchev–Trinajstić information content (AvgIpc) is 2.19. The van der Waals surface area contributed by atoms with Gasteiger partial charge >= 0.3 is 0 Å². The largest absolute Gasteiger partial charge is 0.389 e. The molecule has 1 unspecified atom stereocenters. The summed E-state index contributed by atoms with van der Waals surface area (Å²) in [5.74, 6) is -0.192. The molecule has 0 spiro atoms. The van der Waals surface area contributed by atoms with E-state index in [2.05, 4.69) is 29.8 Å². The number of hydrogen-bond donors (Lipinski definition) is 1. The standard InChI is InChI=1S/C15H18BrFO/c1-15(2)8-10(6-13(18)9-15)5-11-3-4-12(16)7-14(11)17/h3-4,6-7,13,18H,5,8-9H2,1-2H3. The van der Waals surface area contributed by atoms with Crippen molar-refractivity contribution in [3.63, 3.8) is 0 Å². The van der Waals surface area contributed by atoms with E-state index >= 15 is 0 Å². The summed E-state index contributed by atoms with van der Waals surface area (Å²) in [6.07, 6.45) is 3.76. The minimum atomic E-state index is -0.401. The first-order valence-electron chi connectivity index (χ1n) is 6.17. The van der Waals surface area contributed by atoms with Crippen molar-refractivity contribution in [2.45, 2.75) is 39.2 Å². The van der Waals surface area contributed by atoms with Gasteiger partial charge in [-0.05, 0) is 42.4 Å². The predicted octanol–water partition coefficient (Wildman–Crippen LogP) is 4.24. The summed E-state index contributed by atoms with van der Waals surface area (Å²) >= 11 is 3.25. The van der Waals surface area contributed by atoms with E-state index in [1.807, 2.05) is 12.1 Å². The molecule has 3 heteroatoms. The Balaban J connectivity index is 2.18. The second-order valence-corrected chi connectivity index (χ2v) is 6.77. The SMILES string of the molecule is CC1(C)CC(Cc2ccc(Br)cc2F)=CC(O)C1. The third kappa shape index (κ3) is 3.42. The van der Waals surface area contributed by atoms with Crippen LogP contribution in [0.25, 0.3) is 0 Å². The molecule has 0 saturated carbocycles. The van der Waals surface area contributed by atoms with Gasteiger partial charge in [0.05, 0.1) is 6.10 Å². The molecule has 1 aliphatic rings. The number of allylic oxidation sites excluding steroid dienone is 1. The minimum Gasteiger partial charge on any atom is -0.389 e. The first-order valence-corrected chi connectivity index (χ1v) is 6.97. The van der Waals surface area contributed by atoms with Gasteiger partial charge in [-0.2, -0.15) is 0 Å². The van der Waals surface area contributed by atoms with E-state index in [4.69, 9.17) is 0 Å². The fraction of sp³-hybridized carbons (Fsp3) is 0.467. The summed E-state index contributed by atoms with van der Waals surface area (Å²) in [4.78, 5) is 0. The average molecular weight is 313 g/mol. The lowest BCUT2D eigenvalue weighted by atomic mass is 9.75. The van der Waals surface area contributed by atoms with E-state index < -0.39 is 6.10 Å². The summed E-state index contributed by atoms with van der Waals surface area (Å²) in [6, 6.07) is 5.14. The fourth-order valence-corrected chi connectivity index (χ4v) is 3.01. The van der Waals surface area contributed by atoms with Crippen LogP contribution in [0.15, 0.2) is 34.3 Å². The molecule has 0 fully saturated rings. The summed E-state index contributed by atoms with van der Waals surface area (Å²) in [5.41, 5.74) is 1.91. The number of aliphatic hydroxyl groups excluding tert-OH is 1. The minimum absolute atomic E-state index is 0.0926. The van der Waals surface area contributed by atoms with Crippen LogP contribution in [0.1, 0.15) is 32.3 Å². The van der Waals surface area contributed by atoms with Crippen molar-refractivity contribution in [2.24, 2.45) is 5.41 Å². The van der Waals surface area contributed by atoms with Crippen LogP contribution in [0.3, 0.4) is 0 Å². The van der Waals surface area contributed by atoms with Gasteiger partial charge in [-0.3, -0.25) is 0 Å². The molecule has 1 aliphatic carbocycles. The zero-order valence-corrected chi connectivity index (χ0v) is 12.3. The molecule has 0 saturated heterocycles. The number of hydrogen-bond acceptors (Lipinski definition) is 1. The molecule has 0 amide bonds. The van der Waals surface area contributed by atoms with Gasteiger partial charge in [0.25, 0.3) is 0 Å². The molecule has 0 aromatic heterocycles. The van der Waals surface area contributed by atoms with Crippen LogP contribution in [0.4, 0.5) is 4.39 Å². The molecule has 0 radical (unpaired) electrons. The lowest BCUT2D eigenvalue weighted by Crippen LogP contribution is -2.25. The maximum atomic E-state index is 13.8. The molecule has 1 nitrogen and oxygen atoms in total. The van der Waals surface area contributed by atoms with E-state index in [-0.39, 0.29) is 11.2 Å². The highest BCUT2D eigenvalue weighted by molar-refractivity contribution is 9.10. The second-order valence-electron chi connectivity index (χ2n) is 5.85. The molecular weight excluding hydrogens is 295 g/mol. The molecular formula is C15H18BrFO. The van der Waals surface area contributed by atoms with Crippen molar-refractivity contribution in [2.75, 3.05) is 0 Å². The quantitative estimate of drug-likeness (QED) is 0.810. The van der Waals surface area contributed by atoms with Gasteiger partial charge in [0, 0.05) is 4.47 Å². The normalized spacial score (nSPS) is 22.7. The molecule has 0 heterocycles. The van der Waals surface area contributed by atoms with Crippen LogP contribution in [0.2, 0.25) is 0 Å². The molecule has 1 aromatic carbocycles. The van der Waals surface area contributed by atoms with Crippen molar-refractivity contribution >= 4 is 15.9 Å². The molecule has 0 bridgehead atoms. The molecule has 18 heavy (non-hydrogen) atoms. The fourth-order valence-electron chi connectivity index (χ4n) is 2.67. The zero-order chi connectivity index (χ0) is 13.3. The maximum Gasteiger partial charge on any atom is 0.127 e. The molecule has 98 valence electrons. The Hall–Kier alpha value is -0.670. The van der Waals surface area contributed by atoms with Crippen molar-refractivity contribution in [1.82, 2.24) is 0 Å². The number of rotatable bonds is 2. The third-order valence-corrected chi connectivity index (χ3v) is 3.82. The molecule has 1 N–H and O–H groups in total. The van der Waals surface area contributed by atoms with E-state index in [1.165, 1.54) is 6.07 Å². The Morgan fingerprint density at radius 1 is 1.44 bits per heavy atom. The van der Waals surface area contributed by atoms with E-state index in [0.717, 1.165) is 22.9 Å². The van der Waals surface area contributed by atoms with Crippen LogP contribution in [0.5, 0.6) is 0 Å². The van der Waals surface area contributed by atoms with Crippen LogP contribution in [-0.2, 0) is 6.42 Å². The van der Waals surface area contributed by atoms with Gasteiger partial charge in [-0.15, -0.1) is 0 Å². The lowest BCUT2D eigenvalue weighted by molar-refractivity contribution is 0.138. The van der Waals surface area contributed by atoms with Crippen molar-refractivity contribution in [1.29, 1.82) is 0 Å². The van der Waals surface area contributed by atoms with Gasteiger partial charge in [-0.25, -0.2) is 4.39 Å². The highest BCUT2D eigenvalue weighted by Gasteiger charge is 2.27. The predicted molar refractivity (Wildman–Crippen MR) is 74.9 cm³/mol. The van der Waals surface area contributed by atoms with Gasteiger partial charge in [0.1, 0.15) is 5.82 Å². The number of aliphatic hydroxyl groups is 1. The second kappa shape index (κ2) is 5.14. The van der Waals surface area contributed by atoms with Crippen molar-refractivity contribution < 1.29 is 9.50 Å². The van der Waals surface area contributed by atoms with E-state index in [0.29, 0.717) is 12.0 Å². The highest BCUT2D eigenvalue weighted by atomic mass is 79.9. The first-order chi connectivity index (χ1) is 8.35. The summed E-state index contributed by atoms with van der Waals surface area (Å²) < 4.78 is 14.5. The number of halogens is 2. The smallest absolute Gasteiger partial charge is 0.127 e. The zero-order valence-electron chi connectivity index (χ0n) is 10.7. The molecule has 1 aromatic rings. The van der Waals surface area contributed by atoms with Gasteiger partial charge in [-0.1, -0.05) is 47.5 Å². The van der Waals surface area contributed by atoms with Crippen LogP contribution >= 0.6 is 15.9 Å². The van der Waals surface area contributed by atoms with E-state index in [1.54, 1.807) is 6.07 Å². The Morgan fingerprint density at radius 3 is 2.78 bits per heavy atom. The molecule has 0 aliphatic heterocycles. The Bertz CT molecular complexity index is 479. The summed E-state index contributed by atoms with van der Waals surface area (Å²) in [6.45, 7) is 4.28. The van der Waals surface area contributed by atoms with Crippen molar-refractivity contribution in [3.05, 3.63) is 45.7 Å². The summed E-state index contributed by atoms with van der Waals surface area (Å²) in [7, 11) is 0. The van der Waals surface area contributed by atoms with Gasteiger partial charge < -0.3 is 5.11 Å². The Labute approximate surface area is 116 Å².